The number of ether oxygens (including phenoxy) is 1. The molecule has 2 aromatic rings. The van der Waals surface area contributed by atoms with E-state index in [1.165, 1.54) is 0 Å². The Morgan fingerprint density at radius 1 is 1.00 bits per heavy atom. The lowest BCUT2D eigenvalue weighted by Crippen LogP contribution is -2.31. The van der Waals surface area contributed by atoms with Crippen molar-refractivity contribution in [3.63, 3.8) is 0 Å². The molecule has 5 heteroatoms. The van der Waals surface area contributed by atoms with Gasteiger partial charge in [-0.2, -0.15) is 0 Å². The van der Waals surface area contributed by atoms with Crippen molar-refractivity contribution in [2.45, 2.75) is 33.2 Å². The summed E-state index contributed by atoms with van der Waals surface area (Å²) in [5, 5.41) is 5.74. The Morgan fingerprint density at radius 3 is 2.32 bits per heavy atom. The third-order valence-corrected chi connectivity index (χ3v) is 3.83. The summed E-state index contributed by atoms with van der Waals surface area (Å²) in [6, 6.07) is 14.0. The van der Waals surface area contributed by atoms with Crippen LogP contribution in [-0.2, 0) is 0 Å². The van der Waals surface area contributed by atoms with Gasteiger partial charge in [0.25, 0.3) is 11.8 Å². The molecule has 132 valence electrons. The van der Waals surface area contributed by atoms with Gasteiger partial charge in [-0.15, -0.1) is 0 Å². The molecule has 0 aliphatic rings. The molecule has 25 heavy (non-hydrogen) atoms. The van der Waals surface area contributed by atoms with Gasteiger partial charge < -0.3 is 15.4 Å². The summed E-state index contributed by atoms with van der Waals surface area (Å²) in [6.07, 6.45) is 0.874. The fourth-order valence-corrected chi connectivity index (χ4v) is 2.25. The predicted molar refractivity (Wildman–Crippen MR) is 99.2 cm³/mol. The minimum absolute atomic E-state index is 0.117. The first-order valence-corrected chi connectivity index (χ1v) is 8.49. The van der Waals surface area contributed by atoms with Gasteiger partial charge in [-0.1, -0.05) is 19.1 Å². The molecule has 0 heterocycles. The van der Waals surface area contributed by atoms with Crippen LogP contribution in [0.4, 0.5) is 5.69 Å². The van der Waals surface area contributed by atoms with Crippen LogP contribution < -0.4 is 15.4 Å². The maximum atomic E-state index is 12.4. The number of amides is 2. The van der Waals surface area contributed by atoms with Crippen LogP contribution in [0.15, 0.2) is 48.5 Å². The molecule has 2 amide bonds. The second-order valence-electron chi connectivity index (χ2n) is 5.74. The lowest BCUT2D eigenvalue weighted by Gasteiger charge is -2.12. The minimum atomic E-state index is -0.249. The molecule has 0 bridgehead atoms. The minimum Gasteiger partial charge on any atom is -0.493 e. The van der Waals surface area contributed by atoms with E-state index in [1.54, 1.807) is 42.5 Å². The lowest BCUT2D eigenvalue weighted by atomic mass is 10.1. The number of hydrogen-bond donors (Lipinski definition) is 2. The highest BCUT2D eigenvalue weighted by atomic mass is 16.5. The molecule has 0 saturated carbocycles. The molecule has 0 saturated heterocycles. The normalized spacial score (nSPS) is 11.5. The molecular weight excluding hydrogens is 316 g/mol. The average Bonchev–Trinajstić information content (AvgIpc) is 2.62. The Balaban J connectivity index is 2.06. The van der Waals surface area contributed by atoms with E-state index in [0.717, 1.165) is 6.42 Å². The zero-order valence-corrected chi connectivity index (χ0v) is 14.8. The van der Waals surface area contributed by atoms with Crippen LogP contribution in [0.1, 0.15) is 47.9 Å². The Morgan fingerprint density at radius 2 is 1.68 bits per heavy atom. The highest BCUT2D eigenvalue weighted by molar-refractivity contribution is 6.06. The summed E-state index contributed by atoms with van der Waals surface area (Å²) < 4.78 is 5.48. The highest BCUT2D eigenvalue weighted by Gasteiger charge is 2.13. The largest absolute Gasteiger partial charge is 0.493 e. The Bertz CT molecular complexity index is 726. The highest BCUT2D eigenvalue weighted by Crippen LogP contribution is 2.20. The Hall–Kier alpha value is -2.82. The molecule has 1 atom stereocenters. The number of benzene rings is 2. The molecule has 0 spiro atoms. The van der Waals surface area contributed by atoms with Crippen molar-refractivity contribution in [2.24, 2.45) is 0 Å². The van der Waals surface area contributed by atoms with Crippen LogP contribution in [0.25, 0.3) is 0 Å². The number of para-hydroxylation sites is 1. The van der Waals surface area contributed by atoms with Gasteiger partial charge in [0.2, 0.25) is 0 Å². The van der Waals surface area contributed by atoms with Crippen LogP contribution in [0.2, 0.25) is 0 Å². The summed E-state index contributed by atoms with van der Waals surface area (Å²) in [6.45, 7) is 6.34. The maximum Gasteiger partial charge on any atom is 0.259 e. The molecular formula is C20H24N2O3. The summed E-state index contributed by atoms with van der Waals surface area (Å²) >= 11 is 0. The third-order valence-electron chi connectivity index (χ3n) is 3.83. The van der Waals surface area contributed by atoms with Crippen LogP contribution in [-0.4, -0.2) is 24.5 Å². The SMILES string of the molecule is CCOc1ccccc1C(=O)Nc1ccc(C(=O)NC(C)CC)cc1. The predicted octanol–water partition coefficient (Wildman–Crippen LogP) is 3.87. The van der Waals surface area contributed by atoms with Crippen LogP contribution in [0.5, 0.6) is 5.75 Å². The van der Waals surface area contributed by atoms with E-state index in [4.69, 9.17) is 4.74 Å². The van der Waals surface area contributed by atoms with E-state index in [0.29, 0.717) is 29.2 Å². The number of rotatable bonds is 7. The number of carbonyl (C=O) groups is 2. The zero-order chi connectivity index (χ0) is 18.2. The van der Waals surface area contributed by atoms with Crippen molar-refractivity contribution in [3.8, 4) is 5.75 Å². The fraction of sp³-hybridized carbons (Fsp3) is 0.300. The van der Waals surface area contributed by atoms with Gasteiger partial charge in [-0.05, 0) is 56.7 Å². The quantitative estimate of drug-likeness (QED) is 0.804. The summed E-state index contributed by atoms with van der Waals surface area (Å²) in [5.41, 5.74) is 1.66. The fourth-order valence-electron chi connectivity index (χ4n) is 2.25. The molecule has 0 aromatic heterocycles. The average molecular weight is 340 g/mol. The van der Waals surface area contributed by atoms with E-state index >= 15 is 0 Å². The summed E-state index contributed by atoms with van der Waals surface area (Å²) in [7, 11) is 0. The van der Waals surface area contributed by atoms with Gasteiger partial charge in [0, 0.05) is 17.3 Å². The molecule has 0 aliphatic carbocycles. The van der Waals surface area contributed by atoms with Crippen molar-refractivity contribution in [1.82, 2.24) is 5.32 Å². The first-order valence-electron chi connectivity index (χ1n) is 8.49. The maximum absolute atomic E-state index is 12.4. The van der Waals surface area contributed by atoms with Crippen molar-refractivity contribution >= 4 is 17.5 Å². The number of hydrogen-bond acceptors (Lipinski definition) is 3. The van der Waals surface area contributed by atoms with E-state index in [9.17, 15) is 9.59 Å². The zero-order valence-electron chi connectivity index (χ0n) is 14.8. The number of nitrogens with one attached hydrogen (secondary N) is 2. The van der Waals surface area contributed by atoms with Crippen molar-refractivity contribution in [2.75, 3.05) is 11.9 Å². The van der Waals surface area contributed by atoms with E-state index in [-0.39, 0.29) is 17.9 Å². The number of carbonyl (C=O) groups excluding carboxylic acids is 2. The van der Waals surface area contributed by atoms with Crippen molar-refractivity contribution < 1.29 is 14.3 Å². The van der Waals surface area contributed by atoms with Gasteiger partial charge in [-0.3, -0.25) is 9.59 Å². The molecule has 0 aliphatic heterocycles. The molecule has 5 nitrogen and oxygen atoms in total. The van der Waals surface area contributed by atoms with Crippen LogP contribution in [0.3, 0.4) is 0 Å². The van der Waals surface area contributed by atoms with Crippen molar-refractivity contribution in [1.29, 1.82) is 0 Å². The monoisotopic (exact) mass is 340 g/mol. The van der Waals surface area contributed by atoms with Crippen LogP contribution >= 0.6 is 0 Å². The molecule has 2 aromatic carbocycles. The van der Waals surface area contributed by atoms with E-state index in [2.05, 4.69) is 10.6 Å². The number of anilines is 1. The third kappa shape index (κ3) is 5.08. The van der Waals surface area contributed by atoms with Gasteiger partial charge in [-0.25, -0.2) is 0 Å². The van der Waals surface area contributed by atoms with Gasteiger partial charge in [0.1, 0.15) is 5.75 Å². The molecule has 0 fully saturated rings. The smallest absolute Gasteiger partial charge is 0.259 e. The first-order chi connectivity index (χ1) is 12.0. The van der Waals surface area contributed by atoms with Crippen LogP contribution in [0, 0.1) is 0 Å². The van der Waals surface area contributed by atoms with E-state index < -0.39 is 0 Å². The second kappa shape index (κ2) is 8.87. The summed E-state index contributed by atoms with van der Waals surface area (Å²) in [5.74, 6) is 0.182. The first kappa shape index (κ1) is 18.5. The molecule has 1 unspecified atom stereocenters. The molecule has 2 rings (SSSR count). The van der Waals surface area contributed by atoms with Gasteiger partial charge >= 0.3 is 0 Å². The molecule has 0 radical (unpaired) electrons. The molecule has 2 N–H and O–H groups in total. The Kier molecular flexibility index (Phi) is 6.57. The second-order valence-corrected chi connectivity index (χ2v) is 5.74. The topological polar surface area (TPSA) is 67.4 Å². The Labute approximate surface area is 148 Å². The summed E-state index contributed by atoms with van der Waals surface area (Å²) in [4.78, 5) is 24.5. The van der Waals surface area contributed by atoms with Gasteiger partial charge in [0.15, 0.2) is 0 Å². The lowest BCUT2D eigenvalue weighted by molar-refractivity contribution is 0.0938. The standard InChI is InChI=1S/C20H24N2O3/c1-4-14(3)21-19(23)15-10-12-16(13-11-15)22-20(24)17-8-6-7-9-18(17)25-5-2/h6-14H,4-5H2,1-3H3,(H,21,23)(H,22,24). The van der Waals surface area contributed by atoms with Gasteiger partial charge in [0.05, 0.1) is 12.2 Å². The van der Waals surface area contributed by atoms with Crippen molar-refractivity contribution in [3.05, 3.63) is 59.7 Å². The van der Waals surface area contributed by atoms with E-state index in [1.807, 2.05) is 26.8 Å².